The number of anilines is 3. The molecule has 0 spiro atoms. The molecule has 0 saturated carbocycles. The van der Waals surface area contributed by atoms with Crippen LogP contribution in [0.25, 0.3) is 0 Å². The Labute approximate surface area is 149 Å². The Balaban J connectivity index is 1.39. The number of hydrogen-bond donors (Lipinski definition) is 2. The van der Waals surface area contributed by atoms with Crippen molar-refractivity contribution < 1.29 is 0 Å². The summed E-state index contributed by atoms with van der Waals surface area (Å²) in [5.41, 5.74) is 2.42. The van der Waals surface area contributed by atoms with Crippen molar-refractivity contribution in [3.05, 3.63) is 36.5 Å². The number of hydrogen-bond acceptors (Lipinski definition) is 5. The predicted octanol–water partition coefficient (Wildman–Crippen LogP) is 2.37. The molecule has 1 aromatic heterocycles. The molecule has 0 aliphatic carbocycles. The number of aromatic amines is 1. The van der Waals surface area contributed by atoms with Crippen molar-refractivity contribution in [3.63, 3.8) is 0 Å². The van der Waals surface area contributed by atoms with Crippen molar-refractivity contribution in [1.82, 2.24) is 20.0 Å². The average molecular weight is 340 g/mol. The minimum atomic E-state index is 0.775. The fraction of sp³-hybridized carbons (Fsp3) is 0.526. The van der Waals surface area contributed by atoms with Gasteiger partial charge in [0.15, 0.2) is 0 Å². The third kappa shape index (κ3) is 3.80. The molecule has 0 unspecified atom stereocenters. The molecule has 3 heterocycles. The van der Waals surface area contributed by atoms with Crippen molar-refractivity contribution in [1.29, 1.82) is 0 Å². The predicted molar refractivity (Wildman–Crippen MR) is 103 cm³/mol. The van der Waals surface area contributed by atoms with Crippen LogP contribution in [0.3, 0.4) is 0 Å². The Bertz CT molecular complexity index is 654. The van der Waals surface area contributed by atoms with Gasteiger partial charge >= 0.3 is 0 Å². The van der Waals surface area contributed by atoms with Gasteiger partial charge in [0.25, 0.3) is 0 Å². The maximum absolute atomic E-state index is 4.02. The first-order valence-electron chi connectivity index (χ1n) is 9.32. The van der Waals surface area contributed by atoms with Gasteiger partial charge in [-0.25, -0.2) is 0 Å². The Kier molecular flexibility index (Phi) is 4.90. The molecule has 2 aliphatic rings. The molecule has 0 atom stereocenters. The van der Waals surface area contributed by atoms with Crippen LogP contribution in [-0.2, 0) is 0 Å². The zero-order valence-corrected chi connectivity index (χ0v) is 15.0. The average Bonchev–Trinajstić information content (AvgIpc) is 3.16. The van der Waals surface area contributed by atoms with Crippen molar-refractivity contribution in [3.8, 4) is 0 Å². The minimum absolute atomic E-state index is 0.775. The zero-order valence-electron chi connectivity index (χ0n) is 15.0. The molecule has 0 radical (unpaired) electrons. The van der Waals surface area contributed by atoms with Gasteiger partial charge in [-0.15, -0.1) is 0 Å². The largest absolute Gasteiger partial charge is 0.367 e. The van der Waals surface area contributed by atoms with Gasteiger partial charge in [-0.1, -0.05) is 12.1 Å². The van der Waals surface area contributed by atoms with Gasteiger partial charge in [0.2, 0.25) is 0 Å². The zero-order chi connectivity index (χ0) is 17.1. The van der Waals surface area contributed by atoms with Crippen LogP contribution in [0.5, 0.6) is 0 Å². The van der Waals surface area contributed by atoms with E-state index < -0.39 is 0 Å². The standard InChI is InChI=1S/C19H28N6/c1-23-10-7-16(8-11-23)24-12-14-25(15-13-24)18-5-3-2-4-17(18)21-19-6-9-20-22-19/h2-6,9,16H,7-8,10-15H2,1H3,(H2,20,21,22). The second-order valence-electron chi connectivity index (χ2n) is 7.17. The van der Waals surface area contributed by atoms with Crippen LogP contribution in [0.2, 0.25) is 0 Å². The Morgan fingerprint density at radius 1 is 1.00 bits per heavy atom. The van der Waals surface area contributed by atoms with E-state index in [2.05, 4.69) is 61.5 Å². The maximum Gasteiger partial charge on any atom is 0.125 e. The summed E-state index contributed by atoms with van der Waals surface area (Å²) < 4.78 is 0. The minimum Gasteiger partial charge on any atom is -0.367 e. The monoisotopic (exact) mass is 340 g/mol. The van der Waals surface area contributed by atoms with E-state index in [4.69, 9.17) is 0 Å². The number of nitrogens with zero attached hydrogens (tertiary/aromatic N) is 4. The highest BCUT2D eigenvalue weighted by Crippen LogP contribution is 2.29. The number of aromatic nitrogens is 2. The summed E-state index contributed by atoms with van der Waals surface area (Å²) in [5.74, 6) is 0.928. The van der Waals surface area contributed by atoms with E-state index in [9.17, 15) is 0 Å². The first-order valence-corrected chi connectivity index (χ1v) is 9.32. The first kappa shape index (κ1) is 16.4. The summed E-state index contributed by atoms with van der Waals surface area (Å²) >= 11 is 0. The Morgan fingerprint density at radius 2 is 1.76 bits per heavy atom. The number of para-hydroxylation sites is 2. The van der Waals surface area contributed by atoms with E-state index in [1.165, 1.54) is 31.6 Å². The summed E-state index contributed by atoms with van der Waals surface area (Å²) in [4.78, 5) is 7.66. The van der Waals surface area contributed by atoms with Crippen LogP contribution in [0.4, 0.5) is 17.2 Å². The van der Waals surface area contributed by atoms with Gasteiger partial charge in [-0.05, 0) is 45.1 Å². The van der Waals surface area contributed by atoms with Crippen molar-refractivity contribution in [2.75, 3.05) is 56.5 Å². The second kappa shape index (κ2) is 7.45. The number of piperazine rings is 1. The van der Waals surface area contributed by atoms with E-state index in [0.29, 0.717) is 0 Å². The van der Waals surface area contributed by atoms with E-state index in [-0.39, 0.29) is 0 Å². The van der Waals surface area contributed by atoms with Crippen LogP contribution in [0.15, 0.2) is 36.5 Å². The van der Waals surface area contributed by atoms with Gasteiger partial charge in [-0.3, -0.25) is 10.00 Å². The second-order valence-corrected chi connectivity index (χ2v) is 7.17. The van der Waals surface area contributed by atoms with Gasteiger partial charge < -0.3 is 15.1 Å². The van der Waals surface area contributed by atoms with Crippen LogP contribution in [0, 0.1) is 0 Å². The SMILES string of the molecule is CN1CCC(N2CCN(c3ccccc3Nc3ccn[nH]3)CC2)CC1. The quantitative estimate of drug-likeness (QED) is 0.895. The highest BCUT2D eigenvalue weighted by Gasteiger charge is 2.27. The van der Waals surface area contributed by atoms with Gasteiger partial charge in [0, 0.05) is 38.3 Å². The van der Waals surface area contributed by atoms with E-state index in [1.54, 1.807) is 6.20 Å². The highest BCUT2D eigenvalue weighted by molar-refractivity contribution is 5.74. The van der Waals surface area contributed by atoms with Gasteiger partial charge in [-0.2, -0.15) is 5.10 Å². The lowest BCUT2D eigenvalue weighted by molar-refractivity contribution is 0.115. The Morgan fingerprint density at radius 3 is 2.48 bits per heavy atom. The lowest BCUT2D eigenvalue weighted by Crippen LogP contribution is -2.53. The summed E-state index contributed by atoms with van der Waals surface area (Å²) in [7, 11) is 2.23. The lowest BCUT2D eigenvalue weighted by atomic mass is 10.0. The first-order chi connectivity index (χ1) is 12.3. The molecule has 134 valence electrons. The summed E-state index contributed by atoms with van der Waals surface area (Å²) in [6.45, 7) is 6.98. The third-order valence-electron chi connectivity index (χ3n) is 5.53. The molecule has 1 aromatic carbocycles. The van der Waals surface area contributed by atoms with Gasteiger partial charge in [0.1, 0.15) is 5.82 Å². The fourth-order valence-electron chi connectivity index (χ4n) is 4.01. The van der Waals surface area contributed by atoms with E-state index >= 15 is 0 Å². The smallest absolute Gasteiger partial charge is 0.125 e. The molecule has 6 heteroatoms. The number of likely N-dealkylation sites (tertiary alicyclic amines) is 1. The van der Waals surface area contributed by atoms with Crippen LogP contribution in [-0.4, -0.2) is 72.4 Å². The molecule has 0 amide bonds. The molecule has 4 rings (SSSR count). The Hall–Kier alpha value is -2.05. The molecule has 2 saturated heterocycles. The van der Waals surface area contributed by atoms with Crippen molar-refractivity contribution in [2.45, 2.75) is 18.9 Å². The summed E-state index contributed by atoms with van der Waals surface area (Å²) in [6.07, 6.45) is 4.40. The summed E-state index contributed by atoms with van der Waals surface area (Å²) in [5, 5.41) is 10.4. The van der Waals surface area contributed by atoms with E-state index in [1.807, 2.05) is 6.07 Å². The molecule has 6 nitrogen and oxygen atoms in total. The third-order valence-corrected chi connectivity index (χ3v) is 5.53. The van der Waals surface area contributed by atoms with Crippen LogP contribution in [0.1, 0.15) is 12.8 Å². The molecule has 25 heavy (non-hydrogen) atoms. The van der Waals surface area contributed by atoms with E-state index in [0.717, 1.165) is 43.7 Å². The van der Waals surface area contributed by atoms with Crippen LogP contribution >= 0.6 is 0 Å². The van der Waals surface area contributed by atoms with Crippen molar-refractivity contribution in [2.24, 2.45) is 0 Å². The molecular formula is C19H28N6. The normalized spacial score (nSPS) is 20.8. The topological polar surface area (TPSA) is 50.4 Å². The lowest BCUT2D eigenvalue weighted by Gasteiger charge is -2.43. The molecule has 2 fully saturated rings. The van der Waals surface area contributed by atoms with Crippen molar-refractivity contribution >= 4 is 17.2 Å². The van der Waals surface area contributed by atoms with Crippen LogP contribution < -0.4 is 10.2 Å². The summed E-state index contributed by atoms with van der Waals surface area (Å²) in [6, 6.07) is 11.3. The number of H-pyrrole nitrogens is 1. The molecule has 2 aromatic rings. The number of nitrogens with one attached hydrogen (secondary N) is 2. The highest BCUT2D eigenvalue weighted by atomic mass is 15.3. The fourth-order valence-corrected chi connectivity index (χ4v) is 4.01. The number of rotatable bonds is 4. The van der Waals surface area contributed by atoms with Gasteiger partial charge in [0.05, 0.1) is 17.6 Å². The maximum atomic E-state index is 4.02. The molecular weight excluding hydrogens is 312 g/mol. The number of piperidine rings is 1. The number of benzene rings is 1. The molecule has 0 bridgehead atoms. The molecule has 2 N–H and O–H groups in total. The molecule has 2 aliphatic heterocycles.